The minimum absolute atomic E-state index is 0.248. The van der Waals surface area contributed by atoms with Crippen LogP contribution in [0.25, 0.3) is 17.1 Å². The Morgan fingerprint density at radius 2 is 2.03 bits per heavy atom. The summed E-state index contributed by atoms with van der Waals surface area (Å²) in [5, 5.41) is 4.48. The largest absolute Gasteiger partial charge is 0.469 e. The van der Waals surface area contributed by atoms with Gasteiger partial charge in [0.1, 0.15) is 5.56 Å². The molecule has 0 fully saturated rings. The van der Waals surface area contributed by atoms with E-state index in [9.17, 15) is 13.2 Å². The molecule has 1 aliphatic heterocycles. The minimum atomic E-state index is -4.57. The number of aromatic nitrogens is 6. The van der Waals surface area contributed by atoms with Crippen molar-refractivity contribution < 1.29 is 17.9 Å². The molecule has 1 aromatic carbocycles. The highest BCUT2D eigenvalue weighted by molar-refractivity contribution is 9.10. The van der Waals surface area contributed by atoms with Gasteiger partial charge < -0.3 is 9.30 Å². The molecule has 7 nitrogen and oxygen atoms in total. The van der Waals surface area contributed by atoms with Crippen LogP contribution in [-0.2, 0) is 19.3 Å². The summed E-state index contributed by atoms with van der Waals surface area (Å²) in [6.45, 7) is 2.08. The number of benzene rings is 1. The standard InChI is InChI=1S/C20H14BrF3N6O/c1-11-16-8-30-18(13-7-12(21)4-5-15(13)29(16)10-26-11)27-17(28-30)9-31-19-14(20(22,23)24)3-2-6-25-19/h2-7,10H,8-9H2,1H3. The number of aryl methyl sites for hydroxylation is 1. The van der Waals surface area contributed by atoms with Crippen molar-refractivity contribution >= 4 is 15.9 Å². The average molecular weight is 491 g/mol. The molecule has 0 atom stereocenters. The quantitative estimate of drug-likeness (QED) is 0.370. The molecule has 0 spiro atoms. The second-order valence-electron chi connectivity index (χ2n) is 6.96. The zero-order chi connectivity index (χ0) is 21.8. The number of imidazole rings is 1. The lowest BCUT2D eigenvalue weighted by molar-refractivity contribution is -0.139. The van der Waals surface area contributed by atoms with Crippen LogP contribution in [0.3, 0.4) is 0 Å². The molecule has 11 heteroatoms. The normalized spacial score (nSPS) is 12.7. The van der Waals surface area contributed by atoms with Gasteiger partial charge in [-0.3, -0.25) is 0 Å². The van der Waals surface area contributed by atoms with Crippen molar-refractivity contribution in [2.75, 3.05) is 0 Å². The highest BCUT2D eigenvalue weighted by Gasteiger charge is 2.35. The lowest BCUT2D eigenvalue weighted by Gasteiger charge is -2.11. The van der Waals surface area contributed by atoms with E-state index in [0.717, 1.165) is 33.2 Å². The molecule has 0 aliphatic carbocycles. The Labute approximate surface area is 182 Å². The molecule has 5 rings (SSSR count). The number of rotatable bonds is 3. The van der Waals surface area contributed by atoms with Crippen LogP contribution in [0.4, 0.5) is 13.2 Å². The van der Waals surface area contributed by atoms with Gasteiger partial charge in [0.25, 0.3) is 0 Å². The van der Waals surface area contributed by atoms with Gasteiger partial charge in [-0.15, -0.1) is 0 Å². The van der Waals surface area contributed by atoms with Crippen LogP contribution in [0.5, 0.6) is 5.88 Å². The van der Waals surface area contributed by atoms with Crippen molar-refractivity contribution in [1.82, 2.24) is 29.3 Å². The zero-order valence-electron chi connectivity index (χ0n) is 16.1. The highest BCUT2D eigenvalue weighted by atomic mass is 79.9. The molecule has 31 heavy (non-hydrogen) atoms. The maximum atomic E-state index is 13.2. The third-order valence-corrected chi connectivity index (χ3v) is 5.46. The van der Waals surface area contributed by atoms with E-state index >= 15 is 0 Å². The van der Waals surface area contributed by atoms with Crippen molar-refractivity contribution in [2.45, 2.75) is 26.3 Å². The summed E-state index contributed by atoms with van der Waals surface area (Å²) >= 11 is 3.49. The predicted molar refractivity (Wildman–Crippen MR) is 108 cm³/mol. The Balaban J connectivity index is 1.52. The van der Waals surface area contributed by atoms with Crippen molar-refractivity contribution in [3.05, 3.63) is 70.1 Å². The number of hydrogen-bond donors (Lipinski definition) is 0. The van der Waals surface area contributed by atoms with E-state index in [1.165, 1.54) is 12.3 Å². The first kappa shape index (κ1) is 19.7. The van der Waals surface area contributed by atoms with Crippen LogP contribution >= 0.6 is 15.9 Å². The van der Waals surface area contributed by atoms with Gasteiger partial charge in [-0.25, -0.2) is 19.6 Å². The predicted octanol–water partition coefficient (Wildman–Crippen LogP) is 4.56. The summed E-state index contributed by atoms with van der Waals surface area (Å²) in [7, 11) is 0. The minimum Gasteiger partial charge on any atom is -0.469 e. The summed E-state index contributed by atoms with van der Waals surface area (Å²) in [6.07, 6.45) is -1.56. The van der Waals surface area contributed by atoms with E-state index in [1.54, 1.807) is 11.0 Å². The van der Waals surface area contributed by atoms with Crippen molar-refractivity contribution in [1.29, 1.82) is 0 Å². The summed E-state index contributed by atoms with van der Waals surface area (Å²) in [5.41, 5.74) is 2.58. The molecule has 0 saturated heterocycles. The van der Waals surface area contributed by atoms with Crippen LogP contribution in [0, 0.1) is 6.92 Å². The molecule has 4 heterocycles. The van der Waals surface area contributed by atoms with Gasteiger partial charge in [-0.05, 0) is 37.3 Å². The second kappa shape index (κ2) is 7.19. The second-order valence-corrected chi connectivity index (χ2v) is 7.88. The number of pyridine rings is 1. The SMILES string of the molecule is Cc1ncn2c1Cn1nc(COc3ncccc3C(F)(F)F)nc1-c1cc(Br)ccc1-2. The molecule has 3 aromatic heterocycles. The van der Waals surface area contributed by atoms with Gasteiger partial charge in [0.2, 0.25) is 5.88 Å². The number of halogens is 4. The molecule has 0 unspecified atom stereocenters. The zero-order valence-corrected chi connectivity index (χ0v) is 17.6. The van der Waals surface area contributed by atoms with Crippen molar-refractivity contribution in [3.8, 4) is 23.0 Å². The van der Waals surface area contributed by atoms with Gasteiger partial charge in [-0.2, -0.15) is 18.3 Å². The molecular formula is C20H14BrF3N6O. The smallest absolute Gasteiger partial charge is 0.421 e. The van der Waals surface area contributed by atoms with Crippen LogP contribution < -0.4 is 4.74 Å². The monoisotopic (exact) mass is 490 g/mol. The highest BCUT2D eigenvalue weighted by Crippen LogP contribution is 2.36. The maximum Gasteiger partial charge on any atom is 0.421 e. The topological polar surface area (TPSA) is 70.7 Å². The van der Waals surface area contributed by atoms with Crippen molar-refractivity contribution in [2.24, 2.45) is 0 Å². The first-order chi connectivity index (χ1) is 14.8. The fourth-order valence-corrected chi connectivity index (χ4v) is 3.88. The summed E-state index contributed by atoms with van der Waals surface area (Å²) < 4.78 is 49.5. The van der Waals surface area contributed by atoms with E-state index in [2.05, 4.69) is 36.0 Å². The number of nitrogens with zero attached hydrogens (tertiary/aromatic N) is 6. The lowest BCUT2D eigenvalue weighted by atomic mass is 10.1. The van der Waals surface area contributed by atoms with Crippen molar-refractivity contribution in [3.63, 3.8) is 0 Å². The third-order valence-electron chi connectivity index (χ3n) is 4.96. The summed E-state index contributed by atoms with van der Waals surface area (Å²) in [6, 6.07) is 7.94. The molecule has 158 valence electrons. The molecule has 4 aromatic rings. The van der Waals surface area contributed by atoms with E-state index in [1.807, 2.05) is 29.7 Å². The number of fused-ring (bicyclic) bond motifs is 5. The molecule has 0 saturated carbocycles. The maximum absolute atomic E-state index is 13.2. The molecular weight excluding hydrogens is 477 g/mol. The molecule has 0 N–H and O–H groups in total. The van der Waals surface area contributed by atoms with Gasteiger partial charge in [0.05, 0.1) is 29.9 Å². The Kier molecular flexibility index (Phi) is 4.58. The number of alkyl halides is 3. The fourth-order valence-electron chi connectivity index (χ4n) is 3.51. The third kappa shape index (κ3) is 3.48. The summed E-state index contributed by atoms with van der Waals surface area (Å²) in [5.74, 6) is 0.345. The van der Waals surface area contributed by atoms with Crippen LogP contribution in [-0.4, -0.2) is 29.3 Å². The van der Waals surface area contributed by atoms with Gasteiger partial charge in [0, 0.05) is 16.2 Å². The van der Waals surface area contributed by atoms with Crippen LogP contribution in [0.2, 0.25) is 0 Å². The average Bonchev–Trinajstić information content (AvgIpc) is 3.27. The van der Waals surface area contributed by atoms with Crippen LogP contribution in [0.1, 0.15) is 22.8 Å². The van der Waals surface area contributed by atoms with E-state index in [4.69, 9.17) is 4.74 Å². The lowest BCUT2D eigenvalue weighted by Crippen LogP contribution is -2.11. The number of hydrogen-bond acceptors (Lipinski definition) is 5. The fraction of sp³-hybridized carbons (Fsp3) is 0.200. The number of ether oxygens (including phenoxy) is 1. The van der Waals surface area contributed by atoms with E-state index in [0.29, 0.717) is 12.4 Å². The van der Waals surface area contributed by atoms with Gasteiger partial charge in [0.15, 0.2) is 18.3 Å². The van der Waals surface area contributed by atoms with E-state index in [-0.39, 0.29) is 12.4 Å². The summed E-state index contributed by atoms with van der Waals surface area (Å²) in [4.78, 5) is 12.7. The Morgan fingerprint density at radius 1 is 1.19 bits per heavy atom. The Morgan fingerprint density at radius 3 is 2.84 bits per heavy atom. The van der Waals surface area contributed by atoms with Gasteiger partial charge in [-0.1, -0.05) is 15.9 Å². The molecule has 1 aliphatic rings. The Hall–Kier alpha value is -3.21. The molecule has 0 bridgehead atoms. The first-order valence-electron chi connectivity index (χ1n) is 9.23. The van der Waals surface area contributed by atoms with E-state index < -0.39 is 17.6 Å². The Bertz CT molecular complexity index is 1300. The van der Waals surface area contributed by atoms with Crippen LogP contribution in [0.15, 0.2) is 47.3 Å². The first-order valence-corrected chi connectivity index (χ1v) is 10.0. The van der Waals surface area contributed by atoms with Gasteiger partial charge >= 0.3 is 6.18 Å². The molecule has 0 amide bonds. The molecule has 0 radical (unpaired) electrons.